The van der Waals surface area contributed by atoms with Crippen LogP contribution in [0.5, 0.6) is 0 Å². The maximum absolute atomic E-state index is 11.3. The summed E-state index contributed by atoms with van der Waals surface area (Å²) in [6, 6.07) is 0. The number of carbonyl (C=O) groups is 2. The average Bonchev–Trinajstić information content (AvgIpc) is 2.18. The highest BCUT2D eigenvalue weighted by Gasteiger charge is 2.21. The molecular formula is C9H15NO3. The van der Waals surface area contributed by atoms with E-state index < -0.39 is 0 Å². The Morgan fingerprint density at radius 1 is 1.46 bits per heavy atom. The van der Waals surface area contributed by atoms with Gasteiger partial charge in [-0.2, -0.15) is 0 Å². The summed E-state index contributed by atoms with van der Waals surface area (Å²) in [5.74, 6) is 0.116. The van der Waals surface area contributed by atoms with Gasteiger partial charge in [-0.05, 0) is 12.8 Å². The van der Waals surface area contributed by atoms with Crippen LogP contribution in [0.2, 0.25) is 0 Å². The van der Waals surface area contributed by atoms with E-state index in [2.05, 4.69) is 0 Å². The van der Waals surface area contributed by atoms with Gasteiger partial charge < -0.3 is 14.8 Å². The van der Waals surface area contributed by atoms with E-state index in [1.54, 1.807) is 4.90 Å². The highest BCUT2D eigenvalue weighted by atomic mass is 16.3. The second kappa shape index (κ2) is 4.97. The number of nitrogens with zero attached hydrogens (tertiary/aromatic N) is 1. The molecule has 0 radical (unpaired) electrons. The van der Waals surface area contributed by atoms with Crippen LogP contribution in [-0.2, 0) is 9.59 Å². The third kappa shape index (κ3) is 2.81. The molecule has 1 saturated heterocycles. The quantitative estimate of drug-likeness (QED) is 0.620. The lowest BCUT2D eigenvalue weighted by Crippen LogP contribution is -2.39. The van der Waals surface area contributed by atoms with E-state index in [9.17, 15) is 9.59 Å². The number of hydrogen-bond acceptors (Lipinski definition) is 3. The maximum Gasteiger partial charge on any atom is 0.224 e. The van der Waals surface area contributed by atoms with Crippen molar-refractivity contribution in [1.82, 2.24) is 4.90 Å². The minimum absolute atomic E-state index is 0.00755. The standard InChI is InChI=1S/C9H15NO3/c11-6-3-9(13)10-4-1-8(7-12)2-5-10/h7-8,11H,1-6H2. The van der Waals surface area contributed by atoms with Gasteiger partial charge in [-0.3, -0.25) is 4.79 Å². The Morgan fingerprint density at radius 3 is 2.54 bits per heavy atom. The molecule has 1 fully saturated rings. The minimum Gasteiger partial charge on any atom is -0.396 e. The van der Waals surface area contributed by atoms with Crippen LogP contribution >= 0.6 is 0 Å². The predicted octanol–water partition coefficient (Wildman–Crippen LogP) is -0.194. The number of aliphatic hydroxyl groups is 1. The van der Waals surface area contributed by atoms with Gasteiger partial charge in [-0.15, -0.1) is 0 Å². The largest absolute Gasteiger partial charge is 0.396 e. The first-order valence-corrected chi connectivity index (χ1v) is 4.62. The Labute approximate surface area is 77.5 Å². The Bertz CT molecular complexity index is 185. The van der Waals surface area contributed by atoms with E-state index in [4.69, 9.17) is 5.11 Å². The summed E-state index contributed by atoms with van der Waals surface area (Å²) in [6.07, 6.45) is 2.70. The predicted molar refractivity (Wildman–Crippen MR) is 47.1 cm³/mol. The number of piperidine rings is 1. The fraction of sp³-hybridized carbons (Fsp3) is 0.778. The molecule has 4 nitrogen and oxygen atoms in total. The van der Waals surface area contributed by atoms with E-state index in [1.165, 1.54) is 0 Å². The lowest BCUT2D eigenvalue weighted by molar-refractivity contribution is -0.134. The van der Waals surface area contributed by atoms with Crippen LogP contribution in [0.4, 0.5) is 0 Å². The number of rotatable bonds is 3. The van der Waals surface area contributed by atoms with E-state index in [0.29, 0.717) is 13.1 Å². The van der Waals surface area contributed by atoms with E-state index >= 15 is 0 Å². The second-order valence-electron chi connectivity index (χ2n) is 3.33. The van der Waals surface area contributed by atoms with Gasteiger partial charge >= 0.3 is 0 Å². The van der Waals surface area contributed by atoms with Crippen molar-refractivity contribution in [2.45, 2.75) is 19.3 Å². The fourth-order valence-corrected chi connectivity index (χ4v) is 1.54. The summed E-state index contributed by atoms with van der Waals surface area (Å²) < 4.78 is 0. The molecule has 0 spiro atoms. The molecule has 1 aliphatic heterocycles. The second-order valence-corrected chi connectivity index (χ2v) is 3.33. The Balaban J connectivity index is 2.31. The van der Waals surface area contributed by atoms with E-state index in [1.807, 2.05) is 0 Å². The molecule has 74 valence electrons. The summed E-state index contributed by atoms with van der Waals surface area (Å²) in [5.41, 5.74) is 0. The lowest BCUT2D eigenvalue weighted by atomic mass is 9.98. The molecular weight excluding hydrogens is 170 g/mol. The minimum atomic E-state index is -0.0908. The van der Waals surface area contributed by atoms with Crippen molar-refractivity contribution < 1.29 is 14.7 Å². The van der Waals surface area contributed by atoms with Crippen LogP contribution in [0.3, 0.4) is 0 Å². The van der Waals surface area contributed by atoms with Gasteiger partial charge in [0.1, 0.15) is 6.29 Å². The summed E-state index contributed by atoms with van der Waals surface area (Å²) in [6.45, 7) is 1.22. The number of carbonyl (C=O) groups excluding carboxylic acids is 2. The smallest absolute Gasteiger partial charge is 0.224 e. The summed E-state index contributed by atoms with van der Waals surface area (Å²) >= 11 is 0. The molecule has 1 heterocycles. The van der Waals surface area contributed by atoms with Crippen LogP contribution < -0.4 is 0 Å². The molecule has 0 bridgehead atoms. The van der Waals surface area contributed by atoms with Crippen LogP contribution in [0.15, 0.2) is 0 Å². The molecule has 4 heteroatoms. The summed E-state index contributed by atoms with van der Waals surface area (Å²) in [7, 11) is 0. The number of hydrogen-bond donors (Lipinski definition) is 1. The molecule has 0 aliphatic carbocycles. The molecule has 0 saturated carbocycles. The van der Waals surface area contributed by atoms with Gasteiger partial charge in [0.05, 0.1) is 6.61 Å². The normalized spacial score (nSPS) is 18.7. The van der Waals surface area contributed by atoms with Gasteiger partial charge in [-0.1, -0.05) is 0 Å². The van der Waals surface area contributed by atoms with Gasteiger partial charge in [0.25, 0.3) is 0 Å². The molecule has 13 heavy (non-hydrogen) atoms. The van der Waals surface area contributed by atoms with Crippen LogP contribution in [-0.4, -0.2) is 41.9 Å². The number of likely N-dealkylation sites (tertiary alicyclic amines) is 1. The zero-order valence-corrected chi connectivity index (χ0v) is 7.61. The van der Waals surface area contributed by atoms with Crippen LogP contribution in [0.25, 0.3) is 0 Å². The van der Waals surface area contributed by atoms with Crippen molar-refractivity contribution in [3.8, 4) is 0 Å². The van der Waals surface area contributed by atoms with Gasteiger partial charge in [0, 0.05) is 25.4 Å². The Hall–Kier alpha value is -0.900. The lowest BCUT2D eigenvalue weighted by Gasteiger charge is -2.29. The molecule has 0 aromatic carbocycles. The van der Waals surface area contributed by atoms with Crippen LogP contribution in [0.1, 0.15) is 19.3 Å². The first kappa shape index (κ1) is 10.2. The van der Waals surface area contributed by atoms with Crippen molar-refractivity contribution in [3.05, 3.63) is 0 Å². The molecule has 0 atom stereocenters. The number of aliphatic hydroxyl groups excluding tert-OH is 1. The zero-order valence-electron chi connectivity index (χ0n) is 7.61. The van der Waals surface area contributed by atoms with Crippen LogP contribution in [0, 0.1) is 5.92 Å². The molecule has 1 N–H and O–H groups in total. The summed E-state index contributed by atoms with van der Waals surface area (Å²) in [4.78, 5) is 23.4. The van der Waals surface area contributed by atoms with Crippen molar-refractivity contribution in [2.24, 2.45) is 5.92 Å². The number of aldehydes is 1. The molecule has 0 aromatic heterocycles. The summed E-state index contributed by atoms with van der Waals surface area (Å²) in [5, 5.41) is 8.56. The van der Waals surface area contributed by atoms with Gasteiger partial charge in [0.15, 0.2) is 0 Å². The molecule has 0 unspecified atom stereocenters. The zero-order chi connectivity index (χ0) is 9.68. The molecule has 0 aromatic rings. The topological polar surface area (TPSA) is 57.6 Å². The highest BCUT2D eigenvalue weighted by Crippen LogP contribution is 2.15. The monoisotopic (exact) mass is 185 g/mol. The van der Waals surface area contributed by atoms with Crippen molar-refractivity contribution in [1.29, 1.82) is 0 Å². The third-order valence-electron chi connectivity index (χ3n) is 2.41. The van der Waals surface area contributed by atoms with Gasteiger partial charge in [-0.25, -0.2) is 0 Å². The van der Waals surface area contributed by atoms with Crippen molar-refractivity contribution in [3.63, 3.8) is 0 Å². The van der Waals surface area contributed by atoms with E-state index in [0.717, 1.165) is 19.1 Å². The first-order chi connectivity index (χ1) is 6.27. The van der Waals surface area contributed by atoms with Gasteiger partial charge in [0.2, 0.25) is 5.91 Å². The molecule has 1 aliphatic rings. The van der Waals surface area contributed by atoms with Crippen molar-refractivity contribution in [2.75, 3.05) is 19.7 Å². The SMILES string of the molecule is O=CC1CCN(C(=O)CCO)CC1. The molecule has 1 amide bonds. The maximum atomic E-state index is 11.3. The van der Waals surface area contributed by atoms with Crippen molar-refractivity contribution >= 4 is 12.2 Å². The van der Waals surface area contributed by atoms with E-state index in [-0.39, 0.29) is 24.9 Å². The Morgan fingerprint density at radius 2 is 2.08 bits per heavy atom. The third-order valence-corrected chi connectivity index (χ3v) is 2.41. The Kier molecular flexibility index (Phi) is 3.89. The average molecular weight is 185 g/mol. The molecule has 1 rings (SSSR count). The number of amides is 1. The fourth-order valence-electron chi connectivity index (χ4n) is 1.54. The first-order valence-electron chi connectivity index (χ1n) is 4.62. The highest BCUT2D eigenvalue weighted by molar-refractivity contribution is 5.76.